The van der Waals surface area contributed by atoms with Crippen LogP contribution in [0, 0.1) is 5.82 Å². The van der Waals surface area contributed by atoms with E-state index in [2.05, 4.69) is 5.32 Å². The number of hydrogen-bond acceptors (Lipinski definition) is 4. The summed E-state index contributed by atoms with van der Waals surface area (Å²) >= 11 is 0. The van der Waals surface area contributed by atoms with Crippen molar-refractivity contribution in [2.45, 2.75) is 13.0 Å². The molecule has 0 saturated heterocycles. The summed E-state index contributed by atoms with van der Waals surface area (Å²) in [6.07, 6.45) is -0.991. The van der Waals surface area contributed by atoms with Gasteiger partial charge in [0.2, 0.25) is 0 Å². The zero-order valence-corrected chi connectivity index (χ0v) is 12.7. The van der Waals surface area contributed by atoms with Gasteiger partial charge in [0.1, 0.15) is 11.6 Å². The molecule has 0 aromatic heterocycles. The smallest absolute Gasteiger partial charge is 0.338 e. The second-order valence-corrected chi connectivity index (χ2v) is 4.77. The SMILES string of the molecule is COc1ccc(C(=O)O[C@H](C)C(=O)Nc2ccc(F)cc2)cc1. The van der Waals surface area contributed by atoms with Gasteiger partial charge in [0.25, 0.3) is 5.91 Å². The molecule has 0 radical (unpaired) electrons. The summed E-state index contributed by atoms with van der Waals surface area (Å²) in [5.41, 5.74) is 0.732. The molecule has 0 aliphatic carbocycles. The lowest BCUT2D eigenvalue weighted by atomic mass is 10.2. The average Bonchev–Trinajstić information content (AvgIpc) is 2.56. The van der Waals surface area contributed by atoms with Crippen LogP contribution in [0.25, 0.3) is 0 Å². The number of ether oxygens (including phenoxy) is 2. The van der Waals surface area contributed by atoms with Gasteiger partial charge < -0.3 is 14.8 Å². The van der Waals surface area contributed by atoms with Crippen LogP contribution < -0.4 is 10.1 Å². The second-order valence-electron chi connectivity index (χ2n) is 4.77. The van der Waals surface area contributed by atoms with E-state index in [4.69, 9.17) is 9.47 Å². The van der Waals surface area contributed by atoms with Crippen LogP contribution in [0.3, 0.4) is 0 Å². The van der Waals surface area contributed by atoms with Crippen molar-refractivity contribution < 1.29 is 23.5 Å². The van der Waals surface area contributed by atoms with E-state index in [1.807, 2.05) is 0 Å². The van der Waals surface area contributed by atoms with Crippen molar-refractivity contribution in [1.82, 2.24) is 0 Å². The first-order valence-electron chi connectivity index (χ1n) is 6.91. The Labute approximate surface area is 133 Å². The maximum absolute atomic E-state index is 12.8. The van der Waals surface area contributed by atoms with E-state index in [1.54, 1.807) is 24.3 Å². The van der Waals surface area contributed by atoms with Gasteiger partial charge in [-0.1, -0.05) is 0 Å². The number of hydrogen-bond donors (Lipinski definition) is 1. The van der Waals surface area contributed by atoms with Crippen molar-refractivity contribution in [3.05, 3.63) is 59.9 Å². The molecule has 1 amide bonds. The molecule has 0 aliphatic rings. The van der Waals surface area contributed by atoms with E-state index in [0.717, 1.165) is 0 Å². The van der Waals surface area contributed by atoms with E-state index < -0.39 is 23.8 Å². The predicted octanol–water partition coefficient (Wildman–Crippen LogP) is 3.02. The molecule has 0 spiro atoms. The van der Waals surface area contributed by atoms with Crippen LogP contribution in [0.2, 0.25) is 0 Å². The zero-order valence-electron chi connectivity index (χ0n) is 12.7. The number of carbonyl (C=O) groups is 2. The summed E-state index contributed by atoms with van der Waals surface area (Å²) in [5.74, 6) is -0.904. The molecule has 0 saturated carbocycles. The first-order chi connectivity index (χ1) is 11.0. The van der Waals surface area contributed by atoms with Crippen molar-refractivity contribution in [1.29, 1.82) is 0 Å². The summed E-state index contributed by atoms with van der Waals surface area (Å²) in [6, 6.07) is 11.6. The lowest BCUT2D eigenvalue weighted by Gasteiger charge is -2.13. The highest BCUT2D eigenvalue weighted by atomic mass is 19.1. The molecule has 120 valence electrons. The Hall–Kier alpha value is -2.89. The Morgan fingerprint density at radius 1 is 1.04 bits per heavy atom. The molecule has 0 heterocycles. The largest absolute Gasteiger partial charge is 0.497 e. The fourth-order valence-corrected chi connectivity index (χ4v) is 1.79. The summed E-state index contributed by atoms with van der Waals surface area (Å²) in [7, 11) is 1.52. The third-order valence-corrected chi connectivity index (χ3v) is 3.09. The van der Waals surface area contributed by atoms with Gasteiger partial charge in [0, 0.05) is 5.69 Å². The third kappa shape index (κ3) is 4.54. The van der Waals surface area contributed by atoms with Crippen molar-refractivity contribution >= 4 is 17.6 Å². The first kappa shape index (κ1) is 16.5. The van der Waals surface area contributed by atoms with Gasteiger partial charge in [0.05, 0.1) is 12.7 Å². The van der Waals surface area contributed by atoms with Crippen molar-refractivity contribution in [2.24, 2.45) is 0 Å². The molecule has 1 N–H and O–H groups in total. The maximum atomic E-state index is 12.8. The van der Waals surface area contributed by atoms with Crippen LogP contribution >= 0.6 is 0 Å². The molecule has 2 rings (SSSR count). The average molecular weight is 317 g/mol. The third-order valence-electron chi connectivity index (χ3n) is 3.09. The number of esters is 1. The van der Waals surface area contributed by atoms with Crippen molar-refractivity contribution in [3.8, 4) is 5.75 Å². The summed E-state index contributed by atoms with van der Waals surface area (Å²) in [4.78, 5) is 23.9. The highest BCUT2D eigenvalue weighted by Crippen LogP contribution is 2.14. The quantitative estimate of drug-likeness (QED) is 0.861. The Balaban J connectivity index is 1.94. The number of carbonyl (C=O) groups excluding carboxylic acids is 2. The Morgan fingerprint density at radius 2 is 1.65 bits per heavy atom. The Morgan fingerprint density at radius 3 is 2.22 bits per heavy atom. The minimum absolute atomic E-state index is 0.312. The lowest BCUT2D eigenvalue weighted by molar-refractivity contribution is -0.123. The summed E-state index contributed by atoms with van der Waals surface area (Å²) < 4.78 is 22.9. The number of nitrogens with one attached hydrogen (secondary N) is 1. The van der Waals surface area contributed by atoms with E-state index in [1.165, 1.54) is 38.3 Å². The molecule has 2 aromatic rings. The van der Waals surface area contributed by atoms with Crippen LogP contribution in [-0.2, 0) is 9.53 Å². The number of amides is 1. The Kier molecular flexibility index (Phi) is 5.30. The monoisotopic (exact) mass is 317 g/mol. The van der Waals surface area contributed by atoms with Gasteiger partial charge in [0.15, 0.2) is 6.10 Å². The number of halogens is 1. The van der Waals surface area contributed by atoms with Crippen molar-refractivity contribution in [2.75, 3.05) is 12.4 Å². The van der Waals surface area contributed by atoms with Gasteiger partial charge in [-0.25, -0.2) is 9.18 Å². The molecule has 5 nitrogen and oxygen atoms in total. The van der Waals surface area contributed by atoms with Gasteiger partial charge in [-0.15, -0.1) is 0 Å². The minimum atomic E-state index is -0.991. The molecule has 0 bridgehead atoms. The van der Waals surface area contributed by atoms with Gasteiger partial charge in [-0.05, 0) is 55.5 Å². The normalized spacial score (nSPS) is 11.4. The maximum Gasteiger partial charge on any atom is 0.338 e. The second kappa shape index (κ2) is 7.40. The fourth-order valence-electron chi connectivity index (χ4n) is 1.79. The van der Waals surface area contributed by atoms with E-state index in [-0.39, 0.29) is 0 Å². The number of benzene rings is 2. The van der Waals surface area contributed by atoms with Crippen LogP contribution in [0.5, 0.6) is 5.75 Å². The highest BCUT2D eigenvalue weighted by molar-refractivity contribution is 5.97. The van der Waals surface area contributed by atoms with E-state index >= 15 is 0 Å². The fraction of sp³-hybridized carbons (Fsp3) is 0.176. The molecular formula is C17H16FNO4. The topological polar surface area (TPSA) is 64.6 Å². The molecule has 1 atom stereocenters. The molecule has 0 aliphatic heterocycles. The number of rotatable bonds is 5. The molecule has 0 fully saturated rings. The summed E-state index contributed by atoms with van der Waals surface area (Å²) in [6.45, 7) is 1.46. The highest BCUT2D eigenvalue weighted by Gasteiger charge is 2.19. The van der Waals surface area contributed by atoms with Gasteiger partial charge in [-0.3, -0.25) is 4.79 Å². The van der Waals surface area contributed by atoms with Crippen LogP contribution in [0.1, 0.15) is 17.3 Å². The summed E-state index contributed by atoms with van der Waals surface area (Å²) in [5, 5.41) is 2.54. The number of methoxy groups -OCH3 is 1. The minimum Gasteiger partial charge on any atom is -0.497 e. The van der Waals surface area contributed by atoms with E-state index in [9.17, 15) is 14.0 Å². The molecular weight excluding hydrogens is 301 g/mol. The molecule has 23 heavy (non-hydrogen) atoms. The first-order valence-corrected chi connectivity index (χ1v) is 6.91. The standard InChI is InChI=1S/C17H16FNO4/c1-11(16(20)19-14-7-5-13(18)6-8-14)23-17(21)12-3-9-15(22-2)10-4-12/h3-11H,1-2H3,(H,19,20)/t11-/m1/s1. The number of anilines is 1. The molecule has 6 heteroatoms. The van der Waals surface area contributed by atoms with E-state index in [0.29, 0.717) is 17.0 Å². The van der Waals surface area contributed by atoms with Crippen LogP contribution in [0.4, 0.5) is 10.1 Å². The predicted molar refractivity (Wildman–Crippen MR) is 82.9 cm³/mol. The van der Waals surface area contributed by atoms with Crippen LogP contribution in [0.15, 0.2) is 48.5 Å². The molecule has 0 unspecified atom stereocenters. The zero-order chi connectivity index (χ0) is 16.8. The molecule has 2 aromatic carbocycles. The van der Waals surface area contributed by atoms with Gasteiger partial charge >= 0.3 is 5.97 Å². The van der Waals surface area contributed by atoms with Crippen LogP contribution in [-0.4, -0.2) is 25.1 Å². The Bertz CT molecular complexity index is 683. The lowest BCUT2D eigenvalue weighted by Crippen LogP contribution is -2.30. The van der Waals surface area contributed by atoms with Crippen molar-refractivity contribution in [3.63, 3.8) is 0 Å². The van der Waals surface area contributed by atoms with Gasteiger partial charge in [-0.2, -0.15) is 0 Å².